The van der Waals surface area contributed by atoms with Crippen molar-refractivity contribution in [2.24, 2.45) is 0 Å². The Bertz CT molecular complexity index is 1200. The molecule has 0 spiro atoms. The second-order valence-electron chi connectivity index (χ2n) is 6.46. The van der Waals surface area contributed by atoms with Crippen molar-refractivity contribution in [1.29, 1.82) is 0 Å². The number of anilines is 1. The van der Waals surface area contributed by atoms with Gasteiger partial charge in [-0.3, -0.25) is 0 Å². The molecule has 0 atom stereocenters. The minimum atomic E-state index is 0.219. The van der Waals surface area contributed by atoms with Crippen molar-refractivity contribution in [1.82, 2.24) is 15.0 Å². The second-order valence-corrected chi connectivity index (χ2v) is 6.46. The van der Waals surface area contributed by atoms with E-state index < -0.39 is 0 Å². The number of hydrogen-bond acceptors (Lipinski definition) is 4. The maximum atomic E-state index is 6.00. The van der Waals surface area contributed by atoms with Gasteiger partial charge in [0.15, 0.2) is 11.6 Å². The van der Waals surface area contributed by atoms with Gasteiger partial charge in [-0.15, -0.1) is 0 Å². The van der Waals surface area contributed by atoms with E-state index >= 15 is 0 Å². The fourth-order valence-electron chi connectivity index (χ4n) is 3.31. The fraction of sp³-hybridized carbons (Fsp3) is 0. The van der Waals surface area contributed by atoms with Crippen molar-refractivity contribution in [2.45, 2.75) is 0 Å². The van der Waals surface area contributed by atoms with Gasteiger partial charge >= 0.3 is 0 Å². The van der Waals surface area contributed by atoms with E-state index in [1.165, 1.54) is 10.8 Å². The zero-order valence-electron chi connectivity index (χ0n) is 14.5. The van der Waals surface area contributed by atoms with Crippen LogP contribution in [0.25, 0.3) is 44.3 Å². The first-order valence-corrected chi connectivity index (χ1v) is 8.76. The monoisotopic (exact) mass is 348 g/mol. The van der Waals surface area contributed by atoms with E-state index in [1.54, 1.807) is 0 Å². The third kappa shape index (κ3) is 2.87. The standard InChI is InChI=1S/C23H16N4/c24-23-26-21(19-11-9-15-5-1-3-7-17(15)13-19)25-22(27-23)20-12-10-16-6-2-4-8-18(16)14-20/h1-14H,(H2,24,25,26,27). The molecule has 1 heterocycles. The van der Waals surface area contributed by atoms with E-state index in [4.69, 9.17) is 5.73 Å². The molecule has 4 nitrogen and oxygen atoms in total. The second kappa shape index (κ2) is 6.18. The predicted molar refractivity (Wildman–Crippen MR) is 110 cm³/mol. The molecule has 0 saturated heterocycles. The Hall–Kier alpha value is -3.79. The third-order valence-electron chi connectivity index (χ3n) is 4.67. The Morgan fingerprint density at radius 1 is 0.481 bits per heavy atom. The largest absolute Gasteiger partial charge is 0.368 e. The lowest BCUT2D eigenvalue weighted by Crippen LogP contribution is -2.02. The van der Waals surface area contributed by atoms with Crippen LogP contribution in [0.2, 0.25) is 0 Å². The summed E-state index contributed by atoms with van der Waals surface area (Å²) in [6, 6.07) is 28.8. The zero-order chi connectivity index (χ0) is 18.2. The van der Waals surface area contributed by atoms with Crippen LogP contribution < -0.4 is 5.73 Å². The van der Waals surface area contributed by atoms with Gasteiger partial charge < -0.3 is 5.73 Å². The molecule has 4 heteroatoms. The van der Waals surface area contributed by atoms with Crippen molar-refractivity contribution < 1.29 is 0 Å². The molecule has 0 amide bonds. The highest BCUT2D eigenvalue weighted by atomic mass is 15.1. The lowest BCUT2D eigenvalue weighted by atomic mass is 10.1. The first-order chi connectivity index (χ1) is 13.3. The molecular formula is C23H16N4. The number of fused-ring (bicyclic) bond motifs is 2. The van der Waals surface area contributed by atoms with E-state index in [1.807, 2.05) is 36.4 Å². The zero-order valence-corrected chi connectivity index (χ0v) is 14.5. The van der Waals surface area contributed by atoms with Crippen LogP contribution in [0.3, 0.4) is 0 Å². The SMILES string of the molecule is Nc1nc(-c2ccc3ccccc3c2)nc(-c2ccc3ccccc3c2)n1. The van der Waals surface area contributed by atoms with E-state index in [-0.39, 0.29) is 5.95 Å². The topological polar surface area (TPSA) is 64.7 Å². The van der Waals surface area contributed by atoms with Gasteiger partial charge in [0.05, 0.1) is 0 Å². The molecule has 0 aliphatic rings. The molecule has 5 rings (SSSR count). The van der Waals surface area contributed by atoms with Gasteiger partial charge in [-0.2, -0.15) is 9.97 Å². The van der Waals surface area contributed by atoms with Crippen molar-refractivity contribution in [3.05, 3.63) is 84.9 Å². The summed E-state index contributed by atoms with van der Waals surface area (Å²) in [5.41, 5.74) is 7.84. The van der Waals surface area contributed by atoms with Gasteiger partial charge in [0.2, 0.25) is 5.95 Å². The molecule has 4 aromatic carbocycles. The molecule has 0 saturated carbocycles. The molecule has 0 aliphatic carbocycles. The first-order valence-electron chi connectivity index (χ1n) is 8.76. The Morgan fingerprint density at radius 2 is 0.926 bits per heavy atom. The predicted octanol–water partition coefficient (Wildman–Crippen LogP) is 5.09. The minimum Gasteiger partial charge on any atom is -0.368 e. The lowest BCUT2D eigenvalue weighted by Gasteiger charge is -2.07. The molecule has 27 heavy (non-hydrogen) atoms. The third-order valence-corrected chi connectivity index (χ3v) is 4.67. The molecule has 128 valence electrons. The fourth-order valence-corrected chi connectivity index (χ4v) is 3.31. The molecule has 0 radical (unpaired) electrons. The number of benzene rings is 4. The average molecular weight is 348 g/mol. The van der Waals surface area contributed by atoms with E-state index in [0.717, 1.165) is 21.9 Å². The number of aromatic nitrogens is 3. The smallest absolute Gasteiger partial charge is 0.224 e. The highest BCUT2D eigenvalue weighted by Crippen LogP contribution is 2.26. The number of nitrogens with zero attached hydrogens (tertiary/aromatic N) is 3. The molecule has 0 bridgehead atoms. The molecule has 0 unspecified atom stereocenters. The number of rotatable bonds is 2. The van der Waals surface area contributed by atoms with Crippen LogP contribution in [-0.2, 0) is 0 Å². The van der Waals surface area contributed by atoms with Crippen LogP contribution in [0.15, 0.2) is 84.9 Å². The van der Waals surface area contributed by atoms with Gasteiger partial charge in [-0.05, 0) is 33.7 Å². The number of nitrogens with two attached hydrogens (primary N) is 1. The van der Waals surface area contributed by atoms with Gasteiger partial charge in [0.25, 0.3) is 0 Å². The average Bonchev–Trinajstić information content (AvgIpc) is 2.72. The first kappa shape index (κ1) is 15.5. The van der Waals surface area contributed by atoms with Gasteiger partial charge in [0, 0.05) is 11.1 Å². The maximum Gasteiger partial charge on any atom is 0.224 e. The van der Waals surface area contributed by atoms with Crippen molar-refractivity contribution in [3.63, 3.8) is 0 Å². The molecule has 1 aromatic heterocycles. The lowest BCUT2D eigenvalue weighted by molar-refractivity contribution is 1.08. The Kier molecular flexibility index (Phi) is 3.54. The van der Waals surface area contributed by atoms with Crippen LogP contribution in [0.4, 0.5) is 5.95 Å². The summed E-state index contributed by atoms with van der Waals surface area (Å²) in [6.07, 6.45) is 0. The molecular weight excluding hydrogens is 332 g/mol. The van der Waals surface area contributed by atoms with Gasteiger partial charge in [-0.1, -0.05) is 72.8 Å². The van der Waals surface area contributed by atoms with Gasteiger partial charge in [-0.25, -0.2) is 4.98 Å². The minimum absolute atomic E-state index is 0.219. The van der Waals surface area contributed by atoms with E-state index in [2.05, 4.69) is 63.5 Å². The van der Waals surface area contributed by atoms with Crippen LogP contribution in [0.1, 0.15) is 0 Å². The maximum absolute atomic E-state index is 6.00. The van der Waals surface area contributed by atoms with Crippen molar-refractivity contribution in [3.8, 4) is 22.8 Å². The summed E-state index contributed by atoms with van der Waals surface area (Å²) < 4.78 is 0. The molecule has 0 fully saturated rings. The van der Waals surface area contributed by atoms with Crippen molar-refractivity contribution in [2.75, 3.05) is 5.73 Å². The van der Waals surface area contributed by atoms with Gasteiger partial charge in [0.1, 0.15) is 0 Å². The molecule has 0 aliphatic heterocycles. The summed E-state index contributed by atoms with van der Waals surface area (Å²) >= 11 is 0. The highest BCUT2D eigenvalue weighted by molar-refractivity contribution is 5.88. The Morgan fingerprint density at radius 3 is 1.41 bits per heavy atom. The molecule has 2 N–H and O–H groups in total. The van der Waals surface area contributed by atoms with E-state index in [0.29, 0.717) is 11.6 Å². The quantitative estimate of drug-likeness (QED) is 0.482. The van der Waals surface area contributed by atoms with Crippen LogP contribution in [0.5, 0.6) is 0 Å². The summed E-state index contributed by atoms with van der Waals surface area (Å²) in [7, 11) is 0. The number of hydrogen-bond donors (Lipinski definition) is 1. The molecule has 5 aromatic rings. The Labute approximate surface area is 156 Å². The van der Waals surface area contributed by atoms with Crippen LogP contribution in [0, 0.1) is 0 Å². The highest BCUT2D eigenvalue weighted by Gasteiger charge is 2.10. The summed E-state index contributed by atoms with van der Waals surface area (Å²) in [5, 5.41) is 4.64. The van der Waals surface area contributed by atoms with Crippen LogP contribution in [-0.4, -0.2) is 15.0 Å². The van der Waals surface area contributed by atoms with Crippen molar-refractivity contribution >= 4 is 27.5 Å². The summed E-state index contributed by atoms with van der Waals surface area (Å²) in [5.74, 6) is 1.38. The van der Waals surface area contributed by atoms with E-state index in [9.17, 15) is 0 Å². The normalized spacial score (nSPS) is 11.1. The summed E-state index contributed by atoms with van der Waals surface area (Å²) in [4.78, 5) is 13.4. The van der Waals surface area contributed by atoms with Crippen LogP contribution >= 0.6 is 0 Å². The summed E-state index contributed by atoms with van der Waals surface area (Å²) in [6.45, 7) is 0. The number of nitrogen functional groups attached to an aromatic ring is 1. The Balaban J connectivity index is 1.64.